The number of benzene rings is 2. The molecule has 19 heteroatoms. The van der Waals surface area contributed by atoms with Crippen molar-refractivity contribution >= 4 is 57.7 Å². The molecule has 72 heavy (non-hydrogen) atoms. The second kappa shape index (κ2) is 20.1. The number of thiazole rings is 1. The number of likely N-dealkylation sites (tertiary alicyclic amines) is 1. The predicted octanol–water partition coefficient (Wildman–Crippen LogP) is 8.64. The molecule has 2 aromatic carbocycles. The van der Waals surface area contributed by atoms with Crippen LogP contribution in [0.4, 0.5) is 0 Å². The molecule has 0 bridgehead atoms. The Bertz CT molecular complexity index is 3170. The molecule has 2 aliphatic heterocycles. The number of aliphatic imine (C=N–C) groups is 1. The van der Waals surface area contributed by atoms with Crippen molar-refractivity contribution < 1.29 is 24.2 Å². The number of aliphatic hydroxyl groups is 1. The number of rotatable bonds is 14. The van der Waals surface area contributed by atoms with E-state index in [-0.39, 0.29) is 61.2 Å². The van der Waals surface area contributed by atoms with Crippen molar-refractivity contribution in [3.8, 4) is 32.4 Å². The minimum Gasteiger partial charge on any atom is -0.474 e. The molecule has 1 aliphatic carbocycles. The van der Waals surface area contributed by atoms with Crippen molar-refractivity contribution in [3.05, 3.63) is 134 Å². The van der Waals surface area contributed by atoms with E-state index in [0.29, 0.717) is 29.6 Å². The molecule has 372 valence electrons. The van der Waals surface area contributed by atoms with E-state index < -0.39 is 24.2 Å². The molecule has 0 unspecified atom stereocenters. The molecular weight excluding hydrogens is 970 g/mol. The standard InChI is InChI=1S/C53H56ClN11O5S2/c1-27(2)48(52(69)63-25-40(66)20-43(63)51(68)58-29(4)33-8-10-35(11-9-33)49-30(5)56-26-71-49)64-24-37(23-57-64)36-14-17-45(55-22-36)70-41-18-39(19-41)59-44(67)21-42-50-62-61-32(7)65(50)53-46(28(3)31(6)72-53)47(60-42)34-12-15-38(54)16-13-34/h8-17,22-24,26-27,29,39-43,48,66H,18-21,25H2,1-7H3,(H,58,68)(H,59,67)/t29-,39?,40+,41?,42-,43-,48-/m0/s1. The van der Waals surface area contributed by atoms with Gasteiger partial charge < -0.3 is 25.4 Å². The number of β-amino-alcohol motifs (C(OH)–C–C–N with tert-alkyl or cyclic N) is 1. The highest BCUT2D eigenvalue weighted by atomic mass is 35.5. The predicted molar refractivity (Wildman–Crippen MR) is 278 cm³/mol. The van der Waals surface area contributed by atoms with Crippen molar-refractivity contribution in [1.29, 1.82) is 0 Å². The van der Waals surface area contributed by atoms with Gasteiger partial charge in [-0.25, -0.2) is 9.97 Å². The van der Waals surface area contributed by atoms with Gasteiger partial charge in [0.05, 0.1) is 46.6 Å². The van der Waals surface area contributed by atoms with Crippen LogP contribution >= 0.6 is 34.3 Å². The number of carbonyl (C=O) groups excluding carboxylic acids is 3. The van der Waals surface area contributed by atoms with E-state index in [1.165, 1.54) is 9.78 Å². The Hall–Kier alpha value is -6.60. The molecule has 3 N–H and O–H groups in total. The van der Waals surface area contributed by atoms with Gasteiger partial charge in [-0.15, -0.1) is 32.9 Å². The molecule has 3 amide bonds. The Morgan fingerprint density at radius 3 is 2.32 bits per heavy atom. The number of amides is 3. The van der Waals surface area contributed by atoms with E-state index >= 15 is 0 Å². The maximum Gasteiger partial charge on any atom is 0.248 e. The minimum absolute atomic E-state index is 0.0497. The molecule has 3 aliphatic rings. The second-order valence-electron chi connectivity index (χ2n) is 19.4. The van der Waals surface area contributed by atoms with Gasteiger partial charge >= 0.3 is 0 Å². The van der Waals surface area contributed by atoms with Crippen LogP contribution in [-0.2, 0) is 14.4 Å². The fourth-order valence-corrected chi connectivity index (χ4v) is 12.0. The van der Waals surface area contributed by atoms with Crippen molar-refractivity contribution in [3.63, 3.8) is 0 Å². The number of hydrogen-bond acceptors (Lipinski definition) is 13. The first-order chi connectivity index (χ1) is 34.6. The molecule has 5 atom stereocenters. The maximum atomic E-state index is 14.4. The summed E-state index contributed by atoms with van der Waals surface area (Å²) in [4.78, 5) is 59.8. The van der Waals surface area contributed by atoms with Crippen molar-refractivity contribution in [1.82, 2.24) is 50.0 Å². The monoisotopic (exact) mass is 1030 g/mol. The lowest BCUT2D eigenvalue weighted by Gasteiger charge is -2.35. The topological polar surface area (TPSA) is 195 Å². The molecule has 7 aromatic rings. The summed E-state index contributed by atoms with van der Waals surface area (Å²) in [5.74, 6) is 0.911. The van der Waals surface area contributed by atoms with Gasteiger partial charge in [-0.2, -0.15) is 5.10 Å². The number of nitrogens with zero attached hydrogens (tertiary/aromatic N) is 9. The summed E-state index contributed by atoms with van der Waals surface area (Å²) >= 11 is 9.53. The zero-order chi connectivity index (χ0) is 50.5. The van der Waals surface area contributed by atoms with E-state index in [1.54, 1.807) is 45.8 Å². The van der Waals surface area contributed by atoms with Crippen LogP contribution in [0.15, 0.2) is 89.8 Å². The lowest BCUT2D eigenvalue weighted by Crippen LogP contribution is -2.49. The third-order valence-corrected chi connectivity index (χ3v) is 16.4. The summed E-state index contributed by atoms with van der Waals surface area (Å²) in [6.07, 6.45) is 5.74. The quantitative estimate of drug-likeness (QED) is 0.0949. The van der Waals surface area contributed by atoms with Crippen molar-refractivity contribution in [2.45, 2.75) is 117 Å². The van der Waals surface area contributed by atoms with Gasteiger partial charge in [0.1, 0.15) is 35.1 Å². The third kappa shape index (κ3) is 9.72. The van der Waals surface area contributed by atoms with E-state index in [1.807, 2.05) is 105 Å². The van der Waals surface area contributed by atoms with Crippen LogP contribution in [0.1, 0.15) is 109 Å². The molecule has 10 rings (SSSR count). The smallest absolute Gasteiger partial charge is 0.248 e. The van der Waals surface area contributed by atoms with Crippen LogP contribution in [0.5, 0.6) is 5.88 Å². The fourth-order valence-electron chi connectivity index (χ4n) is 9.88. The fraction of sp³-hybridized carbons (Fsp3) is 0.377. The average molecular weight is 1030 g/mol. The number of fused-ring (bicyclic) bond motifs is 3. The van der Waals surface area contributed by atoms with Gasteiger partial charge in [0, 0.05) is 82.5 Å². The van der Waals surface area contributed by atoms with Crippen molar-refractivity contribution in [2.24, 2.45) is 10.9 Å². The number of nitrogens with one attached hydrogen (secondary N) is 2. The highest BCUT2D eigenvalue weighted by molar-refractivity contribution is 7.15. The second-order valence-corrected chi connectivity index (χ2v) is 21.9. The molecule has 0 radical (unpaired) electrons. The van der Waals surface area contributed by atoms with E-state index in [9.17, 15) is 19.5 Å². The lowest BCUT2D eigenvalue weighted by atomic mass is 9.89. The van der Waals surface area contributed by atoms with Gasteiger partial charge in [0.2, 0.25) is 23.6 Å². The summed E-state index contributed by atoms with van der Waals surface area (Å²) < 4.78 is 9.90. The van der Waals surface area contributed by atoms with E-state index in [2.05, 4.69) is 49.7 Å². The van der Waals surface area contributed by atoms with Crippen LogP contribution in [-0.4, -0.2) is 98.8 Å². The largest absolute Gasteiger partial charge is 0.474 e. The Kier molecular flexibility index (Phi) is 13.7. The first-order valence-corrected chi connectivity index (χ1v) is 26.3. The number of hydrogen-bond donors (Lipinski definition) is 3. The summed E-state index contributed by atoms with van der Waals surface area (Å²) in [5.41, 5.74) is 10.2. The first-order valence-electron chi connectivity index (χ1n) is 24.2. The Morgan fingerprint density at radius 2 is 1.62 bits per heavy atom. The van der Waals surface area contributed by atoms with Crippen LogP contribution in [0, 0.1) is 33.6 Å². The lowest BCUT2D eigenvalue weighted by molar-refractivity contribution is -0.142. The number of aliphatic hydroxyl groups excluding tert-OH is 1. The van der Waals surface area contributed by atoms with Crippen LogP contribution < -0.4 is 15.4 Å². The van der Waals surface area contributed by atoms with Crippen LogP contribution in [0.3, 0.4) is 0 Å². The summed E-state index contributed by atoms with van der Waals surface area (Å²) in [6.45, 7) is 13.9. The normalized spacial score (nSPS) is 20.2. The molecule has 1 saturated heterocycles. The number of thiophene rings is 1. The summed E-state index contributed by atoms with van der Waals surface area (Å²) in [6, 6.07) is 16.8. The molecule has 16 nitrogen and oxygen atoms in total. The maximum absolute atomic E-state index is 14.4. The van der Waals surface area contributed by atoms with E-state index in [0.717, 1.165) is 66.1 Å². The molecular formula is C53H56ClN11O5S2. The van der Waals surface area contributed by atoms with Gasteiger partial charge in [-0.3, -0.25) is 28.6 Å². The van der Waals surface area contributed by atoms with Crippen LogP contribution in [0.2, 0.25) is 5.02 Å². The Morgan fingerprint density at radius 1 is 0.889 bits per heavy atom. The highest BCUT2D eigenvalue weighted by Gasteiger charge is 2.43. The third-order valence-electron chi connectivity index (χ3n) is 14.0. The number of aryl methyl sites for hydroxylation is 3. The number of aromatic nitrogens is 7. The highest BCUT2D eigenvalue weighted by Crippen LogP contribution is 2.40. The van der Waals surface area contributed by atoms with Crippen molar-refractivity contribution in [2.75, 3.05) is 6.54 Å². The molecule has 5 aromatic heterocycles. The van der Waals surface area contributed by atoms with Gasteiger partial charge in [-0.05, 0) is 75.4 Å². The zero-order valence-electron chi connectivity index (χ0n) is 41.0. The first kappa shape index (κ1) is 49.0. The number of pyridine rings is 1. The Balaban J connectivity index is 0.743. The van der Waals surface area contributed by atoms with Crippen LogP contribution in [0.25, 0.3) is 26.6 Å². The van der Waals surface area contributed by atoms with Gasteiger partial charge in [0.25, 0.3) is 0 Å². The van der Waals surface area contributed by atoms with E-state index in [4.69, 9.17) is 21.3 Å². The number of carbonyl (C=O) groups is 3. The SMILES string of the molecule is Cc1ncsc1-c1ccc([C@H](C)NC(=O)[C@@H]2C[C@@H](O)CN2C(=O)[C@H](C(C)C)n2cc(-c3ccc(OC4CC(NC(=O)C[C@@H]5N=C(c6ccc(Cl)cc6)c6c(sc(C)c6C)-n6c(C)nnc65)C4)nc3)cn2)cc1. The summed E-state index contributed by atoms with van der Waals surface area (Å²) in [5, 5.41) is 32.2. The number of ether oxygens (including phenoxy) is 1. The van der Waals surface area contributed by atoms with Gasteiger partial charge in [0.15, 0.2) is 5.82 Å². The van der Waals surface area contributed by atoms with Gasteiger partial charge in [-0.1, -0.05) is 61.8 Å². The minimum atomic E-state index is -0.835. The average Bonchev–Trinajstić information content (AvgIpc) is 4.19. The molecule has 2 fully saturated rings. The number of halogens is 1. The summed E-state index contributed by atoms with van der Waals surface area (Å²) in [7, 11) is 0. The Labute approximate surface area is 430 Å². The molecule has 1 saturated carbocycles. The molecule has 7 heterocycles. The molecule has 0 spiro atoms. The zero-order valence-corrected chi connectivity index (χ0v) is 43.4.